The normalized spacial score (nSPS) is 24.1. The predicted molar refractivity (Wildman–Crippen MR) is 77.1 cm³/mol. The standard InChI is InChI=1S/C15H23NOS/c1-2-8-15(9-4-10-16-12-15)14(17)7-6-13-5-3-11-18-13/h3,5,11,16H,2,4,6-10,12H2,1H3. The Bertz CT molecular complexity index is 360. The highest BCUT2D eigenvalue weighted by atomic mass is 32.1. The molecule has 18 heavy (non-hydrogen) atoms. The molecule has 1 unspecified atom stereocenters. The van der Waals surface area contributed by atoms with Crippen LogP contribution in [0.3, 0.4) is 0 Å². The molecule has 1 aromatic rings. The van der Waals surface area contributed by atoms with Crippen LogP contribution in [-0.4, -0.2) is 18.9 Å². The van der Waals surface area contributed by atoms with E-state index in [1.54, 1.807) is 11.3 Å². The Morgan fingerprint density at radius 1 is 1.56 bits per heavy atom. The molecule has 1 saturated heterocycles. The predicted octanol–water partition coefficient (Wildman–Crippen LogP) is 3.42. The molecule has 0 radical (unpaired) electrons. The molecule has 1 fully saturated rings. The first-order chi connectivity index (χ1) is 8.77. The van der Waals surface area contributed by atoms with Gasteiger partial charge in [-0.3, -0.25) is 4.79 Å². The summed E-state index contributed by atoms with van der Waals surface area (Å²) in [5, 5.41) is 5.50. The lowest BCUT2D eigenvalue weighted by molar-refractivity contribution is -0.130. The summed E-state index contributed by atoms with van der Waals surface area (Å²) < 4.78 is 0. The molecule has 2 rings (SSSR count). The molecule has 1 atom stereocenters. The lowest BCUT2D eigenvalue weighted by Crippen LogP contribution is -2.45. The molecule has 2 heterocycles. The summed E-state index contributed by atoms with van der Waals surface area (Å²) in [6.45, 7) is 4.15. The van der Waals surface area contributed by atoms with E-state index in [1.807, 2.05) is 0 Å². The SMILES string of the molecule is CCCC1(C(=O)CCc2cccs2)CCCNC1. The number of carbonyl (C=O) groups excluding carboxylic acids is 1. The average molecular weight is 265 g/mol. The van der Waals surface area contributed by atoms with Gasteiger partial charge in [-0.2, -0.15) is 0 Å². The molecule has 0 amide bonds. The number of thiophene rings is 1. The van der Waals surface area contributed by atoms with E-state index < -0.39 is 0 Å². The molecule has 3 heteroatoms. The number of Topliss-reactive ketones (excluding diaryl/α,β-unsaturated/α-hetero) is 1. The van der Waals surface area contributed by atoms with Gasteiger partial charge in [-0.25, -0.2) is 0 Å². The van der Waals surface area contributed by atoms with Gasteiger partial charge >= 0.3 is 0 Å². The molecule has 1 aliphatic rings. The van der Waals surface area contributed by atoms with Crippen LogP contribution in [0.15, 0.2) is 17.5 Å². The first-order valence-corrected chi connectivity index (χ1v) is 7.91. The zero-order valence-electron chi connectivity index (χ0n) is 11.2. The highest BCUT2D eigenvalue weighted by molar-refractivity contribution is 7.09. The van der Waals surface area contributed by atoms with Gasteiger partial charge in [0.1, 0.15) is 5.78 Å². The van der Waals surface area contributed by atoms with Gasteiger partial charge in [0, 0.05) is 23.3 Å². The van der Waals surface area contributed by atoms with E-state index in [4.69, 9.17) is 0 Å². The Kier molecular flexibility index (Phi) is 4.95. The van der Waals surface area contributed by atoms with Gasteiger partial charge in [-0.15, -0.1) is 11.3 Å². The van der Waals surface area contributed by atoms with Crippen molar-refractivity contribution in [1.29, 1.82) is 0 Å². The number of nitrogens with one attached hydrogen (secondary N) is 1. The second-order valence-electron chi connectivity index (χ2n) is 5.31. The number of carbonyl (C=O) groups is 1. The first kappa shape index (κ1) is 13.8. The smallest absolute Gasteiger partial charge is 0.140 e. The molecule has 1 N–H and O–H groups in total. The van der Waals surface area contributed by atoms with Gasteiger partial charge in [0.15, 0.2) is 0 Å². The summed E-state index contributed by atoms with van der Waals surface area (Å²) in [5.74, 6) is 0.477. The van der Waals surface area contributed by atoms with Crippen LogP contribution >= 0.6 is 11.3 Å². The maximum atomic E-state index is 12.6. The molecule has 0 aromatic carbocycles. The summed E-state index contributed by atoms with van der Waals surface area (Å²) in [7, 11) is 0. The van der Waals surface area contributed by atoms with Gasteiger partial charge in [-0.1, -0.05) is 19.4 Å². The molecule has 1 aromatic heterocycles. The Morgan fingerprint density at radius 3 is 3.06 bits per heavy atom. The minimum Gasteiger partial charge on any atom is -0.316 e. The maximum absolute atomic E-state index is 12.6. The second kappa shape index (κ2) is 6.48. The van der Waals surface area contributed by atoms with E-state index in [0.717, 1.165) is 45.2 Å². The van der Waals surface area contributed by atoms with Gasteiger partial charge < -0.3 is 5.32 Å². The lowest BCUT2D eigenvalue weighted by atomic mass is 9.72. The summed E-state index contributed by atoms with van der Waals surface area (Å²) in [4.78, 5) is 13.9. The van der Waals surface area contributed by atoms with Crippen LogP contribution in [0.25, 0.3) is 0 Å². The van der Waals surface area contributed by atoms with Crippen molar-refractivity contribution in [3.05, 3.63) is 22.4 Å². The van der Waals surface area contributed by atoms with Crippen LogP contribution in [0.2, 0.25) is 0 Å². The van der Waals surface area contributed by atoms with Gasteiger partial charge in [0.05, 0.1) is 0 Å². The Morgan fingerprint density at radius 2 is 2.44 bits per heavy atom. The Balaban J connectivity index is 1.95. The van der Waals surface area contributed by atoms with Crippen LogP contribution in [0.4, 0.5) is 0 Å². The molecular formula is C15H23NOS. The average Bonchev–Trinajstić information content (AvgIpc) is 2.90. The number of aryl methyl sites for hydroxylation is 1. The van der Waals surface area contributed by atoms with E-state index in [1.165, 1.54) is 4.88 Å². The molecule has 0 spiro atoms. The second-order valence-corrected chi connectivity index (χ2v) is 6.35. The number of hydrogen-bond donors (Lipinski definition) is 1. The zero-order chi connectivity index (χ0) is 12.8. The fraction of sp³-hybridized carbons (Fsp3) is 0.667. The minimum absolute atomic E-state index is 0.0652. The van der Waals surface area contributed by atoms with Crippen molar-refractivity contribution in [3.63, 3.8) is 0 Å². The van der Waals surface area contributed by atoms with Crippen LogP contribution in [0, 0.1) is 5.41 Å². The summed E-state index contributed by atoms with van der Waals surface area (Å²) >= 11 is 1.76. The van der Waals surface area contributed by atoms with Gasteiger partial charge in [0.2, 0.25) is 0 Å². The van der Waals surface area contributed by atoms with Crippen molar-refractivity contribution in [2.24, 2.45) is 5.41 Å². The van der Waals surface area contributed by atoms with E-state index in [9.17, 15) is 4.79 Å². The van der Waals surface area contributed by atoms with Gasteiger partial charge in [0.25, 0.3) is 0 Å². The first-order valence-electron chi connectivity index (χ1n) is 7.03. The monoisotopic (exact) mass is 265 g/mol. The summed E-state index contributed by atoms with van der Waals surface area (Å²) in [6.07, 6.45) is 6.00. The minimum atomic E-state index is -0.0652. The number of ketones is 1. The fourth-order valence-corrected chi connectivity index (χ4v) is 3.70. The third kappa shape index (κ3) is 3.21. The highest BCUT2D eigenvalue weighted by Crippen LogP contribution is 2.34. The largest absolute Gasteiger partial charge is 0.316 e. The molecular weight excluding hydrogens is 242 g/mol. The fourth-order valence-electron chi connectivity index (χ4n) is 2.99. The molecule has 0 bridgehead atoms. The quantitative estimate of drug-likeness (QED) is 0.854. The van der Waals surface area contributed by atoms with Crippen LogP contribution in [-0.2, 0) is 11.2 Å². The van der Waals surface area contributed by atoms with Crippen LogP contribution in [0.1, 0.15) is 43.9 Å². The van der Waals surface area contributed by atoms with Crippen molar-refractivity contribution >= 4 is 17.1 Å². The lowest BCUT2D eigenvalue weighted by Gasteiger charge is -2.36. The van der Waals surface area contributed by atoms with Gasteiger partial charge in [-0.05, 0) is 43.7 Å². The van der Waals surface area contributed by atoms with Crippen LogP contribution < -0.4 is 5.32 Å². The van der Waals surface area contributed by atoms with Crippen molar-refractivity contribution < 1.29 is 4.79 Å². The van der Waals surface area contributed by atoms with E-state index >= 15 is 0 Å². The molecule has 2 nitrogen and oxygen atoms in total. The highest BCUT2D eigenvalue weighted by Gasteiger charge is 2.37. The van der Waals surface area contributed by atoms with Crippen molar-refractivity contribution in [3.8, 4) is 0 Å². The Hall–Kier alpha value is -0.670. The number of rotatable bonds is 6. The zero-order valence-corrected chi connectivity index (χ0v) is 12.0. The summed E-state index contributed by atoms with van der Waals surface area (Å²) in [5.41, 5.74) is -0.0652. The molecule has 0 saturated carbocycles. The number of hydrogen-bond acceptors (Lipinski definition) is 3. The van der Waals surface area contributed by atoms with Crippen molar-refractivity contribution in [2.45, 2.75) is 45.4 Å². The third-order valence-corrected chi connectivity index (χ3v) is 4.91. The van der Waals surface area contributed by atoms with E-state index in [0.29, 0.717) is 12.2 Å². The van der Waals surface area contributed by atoms with Crippen LogP contribution in [0.5, 0.6) is 0 Å². The van der Waals surface area contributed by atoms with Crippen molar-refractivity contribution in [1.82, 2.24) is 5.32 Å². The van der Waals surface area contributed by atoms with E-state index in [2.05, 4.69) is 29.8 Å². The third-order valence-electron chi connectivity index (χ3n) is 3.97. The molecule has 0 aliphatic carbocycles. The Labute approximate surface area is 114 Å². The topological polar surface area (TPSA) is 29.1 Å². The molecule has 1 aliphatic heterocycles. The molecule has 100 valence electrons. The van der Waals surface area contributed by atoms with Crippen molar-refractivity contribution in [2.75, 3.05) is 13.1 Å². The number of piperidine rings is 1. The summed E-state index contributed by atoms with van der Waals surface area (Å²) in [6, 6.07) is 4.19. The maximum Gasteiger partial charge on any atom is 0.140 e. The van der Waals surface area contributed by atoms with E-state index in [-0.39, 0.29) is 5.41 Å².